The van der Waals surface area contributed by atoms with E-state index in [4.69, 9.17) is 27.9 Å². The molecule has 2 aromatic carbocycles. The van der Waals surface area contributed by atoms with E-state index in [1.165, 1.54) is 12.2 Å². The van der Waals surface area contributed by atoms with Gasteiger partial charge in [-0.1, -0.05) is 41.4 Å². The summed E-state index contributed by atoms with van der Waals surface area (Å²) in [4.78, 5) is 37.0. The number of halogens is 2. The van der Waals surface area contributed by atoms with Gasteiger partial charge >= 0.3 is 5.97 Å². The number of imide groups is 1. The predicted molar refractivity (Wildman–Crippen MR) is 93.4 cm³/mol. The first-order chi connectivity index (χ1) is 12.0. The number of fused-ring (bicyclic) bond motifs is 1. The number of esters is 1. The molecule has 0 saturated heterocycles. The molecule has 7 heteroatoms. The van der Waals surface area contributed by atoms with Crippen molar-refractivity contribution < 1.29 is 19.1 Å². The smallest absolute Gasteiger partial charge is 0.332 e. The van der Waals surface area contributed by atoms with Gasteiger partial charge in [-0.2, -0.15) is 0 Å². The molecule has 2 aromatic rings. The highest BCUT2D eigenvalue weighted by atomic mass is 35.5. The number of hydrogen-bond acceptors (Lipinski definition) is 4. The van der Waals surface area contributed by atoms with Crippen LogP contribution in [-0.4, -0.2) is 29.4 Å². The number of amides is 2. The lowest BCUT2D eigenvalue weighted by Gasteiger charge is -2.12. The lowest BCUT2D eigenvalue weighted by atomic mass is 10.1. The highest BCUT2D eigenvalue weighted by molar-refractivity contribution is 6.42. The van der Waals surface area contributed by atoms with E-state index in [0.29, 0.717) is 26.7 Å². The van der Waals surface area contributed by atoms with Crippen LogP contribution in [0.4, 0.5) is 0 Å². The van der Waals surface area contributed by atoms with Crippen molar-refractivity contribution in [3.8, 4) is 0 Å². The van der Waals surface area contributed by atoms with Gasteiger partial charge < -0.3 is 4.74 Å². The fraction of sp³-hybridized carbons (Fsp3) is 0.0556. The van der Waals surface area contributed by atoms with Crippen molar-refractivity contribution in [3.05, 3.63) is 75.3 Å². The van der Waals surface area contributed by atoms with Gasteiger partial charge in [0.2, 0.25) is 0 Å². The summed E-state index contributed by atoms with van der Waals surface area (Å²) in [6, 6.07) is 11.3. The topological polar surface area (TPSA) is 63.7 Å². The molecule has 0 spiro atoms. The van der Waals surface area contributed by atoms with Crippen LogP contribution in [0.1, 0.15) is 26.3 Å². The van der Waals surface area contributed by atoms with Crippen LogP contribution in [0.3, 0.4) is 0 Å². The van der Waals surface area contributed by atoms with Crippen molar-refractivity contribution in [2.75, 3.05) is 6.73 Å². The Balaban J connectivity index is 1.61. The van der Waals surface area contributed by atoms with Crippen LogP contribution in [0.25, 0.3) is 6.08 Å². The fourth-order valence-corrected chi connectivity index (χ4v) is 2.62. The molecule has 126 valence electrons. The second-order valence-corrected chi connectivity index (χ2v) is 6.00. The molecule has 3 rings (SSSR count). The Morgan fingerprint density at radius 1 is 1.00 bits per heavy atom. The molecule has 0 aromatic heterocycles. The van der Waals surface area contributed by atoms with Crippen molar-refractivity contribution >= 4 is 47.1 Å². The van der Waals surface area contributed by atoms with E-state index < -0.39 is 24.5 Å². The summed E-state index contributed by atoms with van der Waals surface area (Å²) in [7, 11) is 0. The molecule has 0 atom stereocenters. The van der Waals surface area contributed by atoms with Crippen LogP contribution in [0.5, 0.6) is 0 Å². The van der Waals surface area contributed by atoms with E-state index in [-0.39, 0.29) is 0 Å². The quantitative estimate of drug-likeness (QED) is 0.463. The highest BCUT2D eigenvalue weighted by Crippen LogP contribution is 2.23. The van der Waals surface area contributed by atoms with Crippen LogP contribution in [-0.2, 0) is 9.53 Å². The Kier molecular flexibility index (Phi) is 4.88. The summed E-state index contributed by atoms with van der Waals surface area (Å²) in [6.07, 6.45) is 2.67. The molecular formula is C18H11Cl2NO4. The number of carbonyl (C=O) groups excluding carboxylic acids is 3. The van der Waals surface area contributed by atoms with Gasteiger partial charge in [-0.15, -0.1) is 0 Å². The number of ether oxygens (including phenoxy) is 1. The zero-order chi connectivity index (χ0) is 18.0. The van der Waals surface area contributed by atoms with Crippen molar-refractivity contribution in [1.29, 1.82) is 0 Å². The Morgan fingerprint density at radius 2 is 1.64 bits per heavy atom. The maximum atomic E-state index is 12.1. The monoisotopic (exact) mass is 375 g/mol. The minimum Gasteiger partial charge on any atom is -0.441 e. The third-order valence-corrected chi connectivity index (χ3v) is 4.31. The van der Waals surface area contributed by atoms with E-state index in [0.717, 1.165) is 4.90 Å². The summed E-state index contributed by atoms with van der Waals surface area (Å²) in [5, 5.41) is 0.773. The fourth-order valence-electron chi connectivity index (χ4n) is 2.31. The second kappa shape index (κ2) is 7.09. The van der Waals surface area contributed by atoms with Crippen molar-refractivity contribution in [3.63, 3.8) is 0 Å². The number of rotatable bonds is 4. The summed E-state index contributed by atoms with van der Waals surface area (Å²) in [6.45, 7) is -0.448. The van der Waals surface area contributed by atoms with Gasteiger partial charge in [0.05, 0.1) is 21.2 Å². The molecule has 1 aliphatic heterocycles. The maximum Gasteiger partial charge on any atom is 0.332 e. The Labute approximate surface area is 153 Å². The van der Waals surface area contributed by atoms with Gasteiger partial charge in [0.1, 0.15) is 0 Å². The molecule has 0 N–H and O–H groups in total. The normalized spacial score (nSPS) is 13.4. The SMILES string of the molecule is O=C(/C=C/c1ccc(Cl)c(Cl)c1)OCN1C(=O)c2ccccc2C1=O. The zero-order valence-electron chi connectivity index (χ0n) is 12.7. The van der Waals surface area contributed by atoms with Crippen LogP contribution < -0.4 is 0 Å². The molecule has 1 heterocycles. The molecule has 0 aliphatic carbocycles. The highest BCUT2D eigenvalue weighted by Gasteiger charge is 2.35. The van der Waals surface area contributed by atoms with Crippen molar-refractivity contribution in [2.45, 2.75) is 0 Å². The van der Waals surface area contributed by atoms with Crippen molar-refractivity contribution in [1.82, 2.24) is 4.90 Å². The lowest BCUT2D eigenvalue weighted by Crippen LogP contribution is -2.32. The largest absolute Gasteiger partial charge is 0.441 e. The zero-order valence-corrected chi connectivity index (χ0v) is 14.3. The average molecular weight is 376 g/mol. The summed E-state index contributed by atoms with van der Waals surface area (Å²) in [5.74, 6) is -1.66. The van der Waals surface area contributed by atoms with E-state index in [1.54, 1.807) is 42.5 Å². The van der Waals surface area contributed by atoms with Crippen LogP contribution in [0.15, 0.2) is 48.5 Å². The maximum absolute atomic E-state index is 12.1. The van der Waals surface area contributed by atoms with E-state index in [9.17, 15) is 14.4 Å². The number of benzene rings is 2. The Hall–Kier alpha value is -2.63. The molecule has 5 nitrogen and oxygen atoms in total. The summed E-state index contributed by atoms with van der Waals surface area (Å²) in [5.41, 5.74) is 1.26. The molecule has 0 unspecified atom stereocenters. The molecule has 0 radical (unpaired) electrons. The van der Waals surface area contributed by atoms with Gasteiger partial charge in [0, 0.05) is 6.08 Å². The van der Waals surface area contributed by atoms with Gasteiger partial charge in [-0.05, 0) is 35.9 Å². The molecule has 0 bridgehead atoms. The molecule has 2 amide bonds. The lowest BCUT2D eigenvalue weighted by molar-refractivity contribution is -0.140. The predicted octanol–water partition coefficient (Wildman–Crippen LogP) is 3.80. The van der Waals surface area contributed by atoms with Gasteiger partial charge in [0.15, 0.2) is 6.73 Å². The minimum atomic E-state index is -0.692. The molecule has 1 aliphatic rings. The van der Waals surface area contributed by atoms with Crippen molar-refractivity contribution in [2.24, 2.45) is 0 Å². The first-order valence-electron chi connectivity index (χ1n) is 7.22. The molecule has 0 saturated carbocycles. The summed E-state index contributed by atoms with van der Waals surface area (Å²) >= 11 is 11.7. The number of hydrogen-bond donors (Lipinski definition) is 0. The number of carbonyl (C=O) groups is 3. The standard InChI is InChI=1S/C18H11Cl2NO4/c19-14-7-5-11(9-15(14)20)6-8-16(22)25-10-21-17(23)12-3-1-2-4-13(12)18(21)24/h1-9H,10H2/b8-6+. The van der Waals surface area contributed by atoms with Crippen LogP contribution in [0.2, 0.25) is 10.0 Å². The Morgan fingerprint density at radius 3 is 2.24 bits per heavy atom. The van der Waals surface area contributed by atoms with E-state index >= 15 is 0 Å². The first kappa shape index (κ1) is 17.2. The molecule has 0 fully saturated rings. The molecular weight excluding hydrogens is 365 g/mol. The van der Waals surface area contributed by atoms with Gasteiger partial charge in [-0.3, -0.25) is 9.59 Å². The average Bonchev–Trinajstić information content (AvgIpc) is 2.85. The first-order valence-corrected chi connectivity index (χ1v) is 7.98. The van der Waals surface area contributed by atoms with Crippen LogP contribution >= 0.6 is 23.2 Å². The number of nitrogens with zero attached hydrogens (tertiary/aromatic N) is 1. The van der Waals surface area contributed by atoms with E-state index in [2.05, 4.69) is 0 Å². The minimum absolute atomic E-state index is 0.301. The Bertz CT molecular complexity index is 873. The van der Waals surface area contributed by atoms with Gasteiger partial charge in [-0.25, -0.2) is 9.69 Å². The third kappa shape index (κ3) is 3.57. The van der Waals surface area contributed by atoms with Gasteiger partial charge in [0.25, 0.3) is 11.8 Å². The summed E-state index contributed by atoms with van der Waals surface area (Å²) < 4.78 is 4.97. The van der Waals surface area contributed by atoms with Crippen LogP contribution in [0, 0.1) is 0 Å². The third-order valence-electron chi connectivity index (χ3n) is 3.57. The molecule has 25 heavy (non-hydrogen) atoms. The van der Waals surface area contributed by atoms with E-state index in [1.807, 2.05) is 0 Å². The second-order valence-electron chi connectivity index (χ2n) is 5.18.